The van der Waals surface area contributed by atoms with Gasteiger partial charge in [0.25, 0.3) is 0 Å². The Morgan fingerprint density at radius 3 is 2.20 bits per heavy atom. The quantitative estimate of drug-likeness (QED) is 0.639. The number of hydrogen-bond donors (Lipinski definition) is 2. The zero-order valence-corrected chi connectivity index (χ0v) is 13.5. The lowest BCUT2D eigenvalue weighted by Crippen LogP contribution is -2.34. The fourth-order valence-corrected chi connectivity index (χ4v) is 2.10. The highest BCUT2D eigenvalue weighted by molar-refractivity contribution is 5.79. The Morgan fingerprint density at radius 1 is 1.10 bits per heavy atom. The molecule has 0 aromatic rings. The highest BCUT2D eigenvalue weighted by Crippen LogP contribution is 2.25. The van der Waals surface area contributed by atoms with Crippen molar-refractivity contribution in [3.8, 4) is 0 Å². The maximum absolute atomic E-state index is 11.7. The van der Waals surface area contributed by atoms with Gasteiger partial charge in [0, 0.05) is 32.5 Å². The van der Waals surface area contributed by atoms with Crippen LogP contribution in [0.5, 0.6) is 0 Å². The molecule has 5 heteroatoms. The van der Waals surface area contributed by atoms with Gasteiger partial charge >= 0.3 is 0 Å². The van der Waals surface area contributed by atoms with Crippen molar-refractivity contribution in [2.24, 2.45) is 11.1 Å². The van der Waals surface area contributed by atoms with Crippen molar-refractivity contribution in [2.45, 2.75) is 53.4 Å². The molecule has 0 bridgehead atoms. The van der Waals surface area contributed by atoms with Crippen molar-refractivity contribution in [1.82, 2.24) is 10.2 Å². The minimum absolute atomic E-state index is 0.0162. The van der Waals surface area contributed by atoms with Crippen LogP contribution in [0.1, 0.15) is 53.4 Å². The van der Waals surface area contributed by atoms with Crippen LogP contribution in [0.3, 0.4) is 0 Å². The summed E-state index contributed by atoms with van der Waals surface area (Å²) >= 11 is 0. The summed E-state index contributed by atoms with van der Waals surface area (Å²) in [7, 11) is 0. The van der Waals surface area contributed by atoms with Gasteiger partial charge in [-0.05, 0) is 38.6 Å². The van der Waals surface area contributed by atoms with Crippen LogP contribution in [-0.4, -0.2) is 42.9 Å². The van der Waals surface area contributed by atoms with E-state index in [-0.39, 0.29) is 17.2 Å². The second kappa shape index (κ2) is 9.75. The van der Waals surface area contributed by atoms with E-state index in [2.05, 4.69) is 19.2 Å². The maximum Gasteiger partial charge on any atom is 0.224 e. The van der Waals surface area contributed by atoms with Crippen molar-refractivity contribution in [3.63, 3.8) is 0 Å². The molecular formula is C15H31N3O2. The van der Waals surface area contributed by atoms with E-state index in [9.17, 15) is 9.59 Å². The number of amides is 2. The maximum atomic E-state index is 11.7. The van der Waals surface area contributed by atoms with Crippen LogP contribution < -0.4 is 11.1 Å². The van der Waals surface area contributed by atoms with E-state index in [1.54, 1.807) is 4.90 Å². The summed E-state index contributed by atoms with van der Waals surface area (Å²) in [6.45, 7) is 10.7. The number of carbonyl (C=O) groups excluding carboxylic acids is 2. The summed E-state index contributed by atoms with van der Waals surface area (Å²) in [6.07, 6.45) is 2.60. The van der Waals surface area contributed by atoms with Crippen LogP contribution in [0.2, 0.25) is 0 Å². The molecule has 0 aromatic carbocycles. The van der Waals surface area contributed by atoms with Gasteiger partial charge in [-0.15, -0.1) is 0 Å². The third kappa shape index (κ3) is 8.15. The molecule has 0 atom stereocenters. The van der Waals surface area contributed by atoms with Gasteiger partial charge in [0.05, 0.1) is 0 Å². The van der Waals surface area contributed by atoms with Crippen molar-refractivity contribution >= 4 is 11.8 Å². The monoisotopic (exact) mass is 285 g/mol. The van der Waals surface area contributed by atoms with Crippen LogP contribution in [0, 0.1) is 5.41 Å². The third-order valence-electron chi connectivity index (χ3n) is 3.63. The Kier molecular flexibility index (Phi) is 9.21. The standard InChI is InChI=1S/C15H31N3O2/c1-5-18(6-2)14(20)8-12-17-13(19)7-9-15(3,4)10-11-16/h5-12,16H2,1-4H3,(H,17,19). The minimum atomic E-state index is 0.0162. The van der Waals surface area contributed by atoms with Crippen molar-refractivity contribution in [1.29, 1.82) is 0 Å². The molecule has 0 spiro atoms. The average molecular weight is 285 g/mol. The molecule has 0 saturated heterocycles. The molecule has 0 aliphatic heterocycles. The number of carbonyl (C=O) groups is 2. The fourth-order valence-electron chi connectivity index (χ4n) is 2.10. The molecule has 0 aliphatic rings. The first-order valence-electron chi connectivity index (χ1n) is 7.60. The topological polar surface area (TPSA) is 75.4 Å². The van der Waals surface area contributed by atoms with Gasteiger partial charge < -0.3 is 16.0 Å². The number of hydrogen-bond acceptors (Lipinski definition) is 3. The largest absolute Gasteiger partial charge is 0.356 e. The van der Waals surface area contributed by atoms with Gasteiger partial charge in [-0.2, -0.15) is 0 Å². The molecule has 5 nitrogen and oxygen atoms in total. The average Bonchev–Trinajstić information content (AvgIpc) is 2.38. The Labute approximate surface area is 123 Å². The highest BCUT2D eigenvalue weighted by Gasteiger charge is 2.18. The van der Waals surface area contributed by atoms with E-state index in [1.165, 1.54) is 0 Å². The molecule has 2 amide bonds. The summed E-state index contributed by atoms with van der Waals surface area (Å²) in [6, 6.07) is 0. The molecule has 0 rings (SSSR count). The van der Waals surface area contributed by atoms with E-state index in [4.69, 9.17) is 5.73 Å². The molecule has 20 heavy (non-hydrogen) atoms. The number of nitrogens with one attached hydrogen (secondary N) is 1. The first-order valence-corrected chi connectivity index (χ1v) is 7.60. The highest BCUT2D eigenvalue weighted by atomic mass is 16.2. The van der Waals surface area contributed by atoms with Gasteiger partial charge in [0.15, 0.2) is 0 Å². The minimum Gasteiger partial charge on any atom is -0.356 e. The Hall–Kier alpha value is -1.10. The molecule has 0 fully saturated rings. The summed E-state index contributed by atoms with van der Waals surface area (Å²) < 4.78 is 0. The molecule has 0 saturated carbocycles. The Balaban J connectivity index is 3.87. The molecule has 118 valence electrons. The molecule has 0 aliphatic carbocycles. The van der Waals surface area contributed by atoms with E-state index >= 15 is 0 Å². The second-order valence-corrected chi connectivity index (χ2v) is 5.87. The lowest BCUT2D eigenvalue weighted by Gasteiger charge is -2.23. The fraction of sp³-hybridized carbons (Fsp3) is 0.867. The van der Waals surface area contributed by atoms with Gasteiger partial charge in [-0.1, -0.05) is 13.8 Å². The lowest BCUT2D eigenvalue weighted by atomic mass is 9.84. The SMILES string of the molecule is CCN(CC)C(=O)CCNC(=O)CCC(C)(C)CCN. The van der Waals surface area contributed by atoms with Crippen LogP contribution in [0.4, 0.5) is 0 Å². The molecule has 0 unspecified atom stereocenters. The van der Waals surface area contributed by atoms with Crippen LogP contribution >= 0.6 is 0 Å². The first kappa shape index (κ1) is 18.9. The second-order valence-electron chi connectivity index (χ2n) is 5.87. The summed E-state index contributed by atoms with van der Waals surface area (Å²) in [5.74, 6) is 0.112. The molecule has 0 heterocycles. The Morgan fingerprint density at radius 2 is 1.70 bits per heavy atom. The number of nitrogens with zero attached hydrogens (tertiary/aromatic N) is 1. The number of rotatable bonds is 10. The van der Waals surface area contributed by atoms with Gasteiger partial charge in [-0.25, -0.2) is 0 Å². The van der Waals surface area contributed by atoms with Crippen molar-refractivity contribution < 1.29 is 9.59 Å². The molecule has 0 radical (unpaired) electrons. The van der Waals surface area contributed by atoms with Gasteiger partial charge in [0.2, 0.25) is 11.8 Å². The van der Waals surface area contributed by atoms with E-state index in [1.807, 2.05) is 13.8 Å². The van der Waals surface area contributed by atoms with E-state index in [0.29, 0.717) is 25.9 Å². The van der Waals surface area contributed by atoms with Gasteiger partial charge in [0.1, 0.15) is 0 Å². The molecule has 3 N–H and O–H groups in total. The zero-order chi connectivity index (χ0) is 15.6. The van der Waals surface area contributed by atoms with Crippen molar-refractivity contribution in [3.05, 3.63) is 0 Å². The van der Waals surface area contributed by atoms with Crippen LogP contribution in [0.15, 0.2) is 0 Å². The smallest absolute Gasteiger partial charge is 0.224 e. The first-order chi connectivity index (χ1) is 9.36. The predicted molar refractivity (Wildman–Crippen MR) is 82.2 cm³/mol. The summed E-state index contributed by atoms with van der Waals surface area (Å²) in [5, 5.41) is 2.81. The zero-order valence-electron chi connectivity index (χ0n) is 13.5. The van der Waals surface area contributed by atoms with E-state index < -0.39 is 0 Å². The van der Waals surface area contributed by atoms with Crippen LogP contribution in [0.25, 0.3) is 0 Å². The van der Waals surface area contributed by atoms with Crippen LogP contribution in [-0.2, 0) is 9.59 Å². The summed E-state index contributed by atoms with van der Waals surface area (Å²) in [4.78, 5) is 25.2. The molecule has 0 aromatic heterocycles. The number of nitrogens with two attached hydrogens (primary N) is 1. The third-order valence-corrected chi connectivity index (χ3v) is 3.63. The lowest BCUT2D eigenvalue weighted by molar-refractivity contribution is -0.130. The van der Waals surface area contributed by atoms with E-state index in [0.717, 1.165) is 25.9 Å². The van der Waals surface area contributed by atoms with Crippen molar-refractivity contribution in [2.75, 3.05) is 26.2 Å². The predicted octanol–water partition coefficient (Wildman–Crippen LogP) is 1.52. The Bertz CT molecular complexity index is 299. The summed E-state index contributed by atoms with van der Waals surface area (Å²) in [5.41, 5.74) is 5.65. The van der Waals surface area contributed by atoms with Gasteiger partial charge in [-0.3, -0.25) is 9.59 Å². The normalized spacial score (nSPS) is 11.2. The molecular weight excluding hydrogens is 254 g/mol.